The van der Waals surface area contributed by atoms with Gasteiger partial charge in [-0.1, -0.05) is 0 Å². The van der Waals surface area contributed by atoms with E-state index in [4.69, 9.17) is 0 Å². The van der Waals surface area contributed by atoms with Crippen LogP contribution in [-0.2, 0) is 4.79 Å². The average Bonchev–Trinajstić information content (AvgIpc) is 2.43. The van der Waals surface area contributed by atoms with E-state index in [1.165, 1.54) is 11.1 Å². The predicted octanol–water partition coefficient (Wildman–Crippen LogP) is -0.213. The molecule has 0 spiro atoms. The lowest BCUT2D eigenvalue weighted by molar-refractivity contribution is -0.107. The molecule has 1 heterocycles. The molecule has 0 unspecified atom stereocenters. The van der Waals surface area contributed by atoms with Gasteiger partial charge in [-0.05, 0) is 6.92 Å². The number of aromatic nitrogens is 3. The molecule has 5 nitrogen and oxygen atoms in total. The highest BCUT2D eigenvalue weighted by Gasteiger charge is 2.02. The number of carbonyl (C=O) groups excluding carboxylic acids is 1. The monoisotopic (exact) mass is 140 g/mol. The van der Waals surface area contributed by atoms with Crippen LogP contribution in [0.2, 0.25) is 0 Å². The molecule has 0 saturated heterocycles. The summed E-state index contributed by atoms with van der Waals surface area (Å²) in [5.41, 5.74) is 0. The molecule has 1 amide bonds. The van der Waals surface area contributed by atoms with Gasteiger partial charge in [0.25, 0.3) is 0 Å². The van der Waals surface area contributed by atoms with Crippen LogP contribution in [0.5, 0.6) is 0 Å². The number of amides is 1. The van der Waals surface area contributed by atoms with Crippen molar-refractivity contribution in [3.05, 3.63) is 6.20 Å². The SMILES string of the molecule is CCN(C=O)c1cn[nH]n1. The summed E-state index contributed by atoms with van der Waals surface area (Å²) in [6, 6.07) is 0. The standard InChI is InChI=1S/C5H8N4O/c1-2-9(4-10)5-3-6-8-7-5/h3-4H,2H2,1H3,(H,6,7,8). The van der Waals surface area contributed by atoms with E-state index in [0.717, 1.165) is 6.41 Å². The smallest absolute Gasteiger partial charge is 0.215 e. The molecule has 54 valence electrons. The van der Waals surface area contributed by atoms with Crippen LogP contribution in [0.25, 0.3) is 0 Å². The second-order valence-electron chi connectivity index (χ2n) is 1.72. The molecule has 1 aromatic rings. The van der Waals surface area contributed by atoms with Gasteiger partial charge >= 0.3 is 0 Å². The third-order valence-electron chi connectivity index (χ3n) is 1.16. The van der Waals surface area contributed by atoms with Crippen molar-refractivity contribution in [1.29, 1.82) is 0 Å². The maximum absolute atomic E-state index is 10.3. The Labute approximate surface area is 58.0 Å². The van der Waals surface area contributed by atoms with Gasteiger partial charge in [-0.25, -0.2) is 0 Å². The Morgan fingerprint density at radius 3 is 3.10 bits per heavy atom. The van der Waals surface area contributed by atoms with Gasteiger partial charge in [-0.15, -0.1) is 5.10 Å². The van der Waals surface area contributed by atoms with Crippen LogP contribution in [0.15, 0.2) is 6.20 Å². The molecule has 0 aliphatic rings. The quantitative estimate of drug-likeness (QED) is 0.591. The summed E-state index contributed by atoms with van der Waals surface area (Å²) in [4.78, 5) is 11.7. The Morgan fingerprint density at radius 2 is 2.70 bits per heavy atom. The van der Waals surface area contributed by atoms with Crippen molar-refractivity contribution in [3.63, 3.8) is 0 Å². The minimum Gasteiger partial charge on any atom is -0.297 e. The molecular weight excluding hydrogens is 132 g/mol. The number of carbonyl (C=O) groups is 1. The van der Waals surface area contributed by atoms with Gasteiger partial charge in [-0.3, -0.25) is 9.69 Å². The first-order chi connectivity index (χ1) is 4.88. The number of hydrogen-bond acceptors (Lipinski definition) is 3. The van der Waals surface area contributed by atoms with Crippen LogP contribution in [0.4, 0.5) is 5.82 Å². The molecule has 0 aliphatic carbocycles. The third kappa shape index (κ3) is 1.12. The predicted molar refractivity (Wildman–Crippen MR) is 35.5 cm³/mol. The summed E-state index contributed by atoms with van der Waals surface area (Å²) in [6.07, 6.45) is 2.22. The molecule has 1 rings (SSSR count). The van der Waals surface area contributed by atoms with Gasteiger partial charge in [0.05, 0.1) is 6.20 Å². The molecule has 1 N–H and O–H groups in total. The summed E-state index contributed by atoms with van der Waals surface area (Å²) in [6.45, 7) is 2.47. The molecule has 0 saturated carbocycles. The van der Waals surface area contributed by atoms with Gasteiger partial charge < -0.3 is 0 Å². The summed E-state index contributed by atoms with van der Waals surface area (Å²) >= 11 is 0. The number of nitrogens with one attached hydrogen (secondary N) is 1. The van der Waals surface area contributed by atoms with Crippen molar-refractivity contribution in [1.82, 2.24) is 15.4 Å². The van der Waals surface area contributed by atoms with Crippen LogP contribution in [0.3, 0.4) is 0 Å². The Morgan fingerprint density at radius 1 is 1.90 bits per heavy atom. The Hall–Kier alpha value is -1.39. The normalized spacial score (nSPS) is 9.30. The van der Waals surface area contributed by atoms with Gasteiger partial charge in [0, 0.05) is 6.54 Å². The second-order valence-corrected chi connectivity index (χ2v) is 1.72. The molecule has 0 atom stereocenters. The van der Waals surface area contributed by atoms with Gasteiger partial charge in [-0.2, -0.15) is 10.3 Å². The van der Waals surface area contributed by atoms with Crippen LogP contribution in [0.1, 0.15) is 6.92 Å². The first-order valence-electron chi connectivity index (χ1n) is 2.96. The largest absolute Gasteiger partial charge is 0.297 e. The Balaban J connectivity index is 2.73. The number of nitrogens with zero attached hydrogens (tertiary/aromatic N) is 3. The van der Waals surface area contributed by atoms with E-state index in [-0.39, 0.29) is 0 Å². The summed E-state index contributed by atoms with van der Waals surface area (Å²) in [5.74, 6) is 0.553. The first-order valence-corrected chi connectivity index (χ1v) is 2.96. The highest BCUT2D eigenvalue weighted by molar-refractivity contribution is 5.71. The van der Waals surface area contributed by atoms with E-state index in [1.54, 1.807) is 0 Å². The van der Waals surface area contributed by atoms with Crippen molar-refractivity contribution in [2.24, 2.45) is 0 Å². The molecule has 0 fully saturated rings. The lowest BCUT2D eigenvalue weighted by Gasteiger charge is -2.08. The Bertz CT molecular complexity index is 195. The maximum atomic E-state index is 10.3. The molecule has 1 aromatic heterocycles. The zero-order chi connectivity index (χ0) is 7.40. The van der Waals surface area contributed by atoms with Gasteiger partial charge in [0.2, 0.25) is 6.41 Å². The number of hydrogen-bond donors (Lipinski definition) is 1. The maximum Gasteiger partial charge on any atom is 0.215 e. The fraction of sp³-hybridized carbons (Fsp3) is 0.400. The van der Waals surface area contributed by atoms with Crippen LogP contribution in [0, 0.1) is 0 Å². The average molecular weight is 140 g/mol. The van der Waals surface area contributed by atoms with E-state index in [1.807, 2.05) is 6.92 Å². The van der Waals surface area contributed by atoms with E-state index < -0.39 is 0 Å². The molecule has 0 bridgehead atoms. The molecule has 0 aliphatic heterocycles. The van der Waals surface area contributed by atoms with Crippen LogP contribution in [-0.4, -0.2) is 28.4 Å². The second kappa shape index (κ2) is 2.95. The van der Waals surface area contributed by atoms with E-state index in [9.17, 15) is 4.79 Å². The van der Waals surface area contributed by atoms with E-state index in [2.05, 4.69) is 15.4 Å². The number of aromatic amines is 1. The fourth-order valence-electron chi connectivity index (χ4n) is 0.624. The molecular formula is C5H8N4O. The lowest BCUT2D eigenvalue weighted by Crippen LogP contribution is -2.20. The highest BCUT2D eigenvalue weighted by atomic mass is 16.1. The van der Waals surface area contributed by atoms with Crippen molar-refractivity contribution >= 4 is 12.2 Å². The minimum atomic E-state index is 0.553. The van der Waals surface area contributed by atoms with Crippen molar-refractivity contribution in [3.8, 4) is 0 Å². The van der Waals surface area contributed by atoms with Crippen molar-refractivity contribution in [2.45, 2.75) is 6.92 Å². The summed E-state index contributed by atoms with van der Waals surface area (Å²) in [5, 5.41) is 9.70. The fourth-order valence-corrected chi connectivity index (χ4v) is 0.624. The summed E-state index contributed by atoms with van der Waals surface area (Å²) < 4.78 is 0. The van der Waals surface area contributed by atoms with Crippen LogP contribution < -0.4 is 4.90 Å². The molecule has 0 aromatic carbocycles. The van der Waals surface area contributed by atoms with Gasteiger partial charge in [0.1, 0.15) is 0 Å². The van der Waals surface area contributed by atoms with Crippen molar-refractivity contribution < 1.29 is 4.79 Å². The first kappa shape index (κ1) is 6.73. The lowest BCUT2D eigenvalue weighted by atomic mass is 10.6. The number of rotatable bonds is 3. The topological polar surface area (TPSA) is 61.9 Å². The van der Waals surface area contributed by atoms with Crippen molar-refractivity contribution in [2.75, 3.05) is 11.4 Å². The van der Waals surface area contributed by atoms with E-state index >= 15 is 0 Å². The highest BCUT2D eigenvalue weighted by Crippen LogP contribution is 2.02. The third-order valence-corrected chi connectivity index (χ3v) is 1.16. The van der Waals surface area contributed by atoms with Gasteiger partial charge in [0.15, 0.2) is 5.82 Å². The zero-order valence-corrected chi connectivity index (χ0v) is 5.61. The van der Waals surface area contributed by atoms with Crippen LogP contribution >= 0.6 is 0 Å². The Kier molecular flexibility index (Phi) is 1.99. The molecule has 10 heavy (non-hydrogen) atoms. The zero-order valence-electron chi connectivity index (χ0n) is 5.61. The number of H-pyrrole nitrogens is 1. The number of anilines is 1. The minimum absolute atomic E-state index is 0.553. The van der Waals surface area contributed by atoms with E-state index in [0.29, 0.717) is 12.4 Å². The summed E-state index contributed by atoms with van der Waals surface area (Å²) in [7, 11) is 0. The molecule has 0 radical (unpaired) electrons. The molecule has 5 heteroatoms.